The Kier molecular flexibility index (Phi) is 4.76. The lowest BCUT2D eigenvalue weighted by atomic mass is 10.0. The van der Waals surface area contributed by atoms with Crippen molar-refractivity contribution in [3.05, 3.63) is 79.3 Å². The number of hydrogen-bond acceptors (Lipinski definition) is 6. The third-order valence-electron chi connectivity index (χ3n) is 3.90. The zero-order valence-electron chi connectivity index (χ0n) is 14.1. The molecular formula is C20H14FN5S. The van der Waals surface area contributed by atoms with Gasteiger partial charge in [0.1, 0.15) is 10.8 Å². The van der Waals surface area contributed by atoms with Crippen molar-refractivity contribution in [2.45, 2.75) is 9.92 Å². The van der Waals surface area contributed by atoms with Crippen LogP contribution in [0, 0.1) is 5.82 Å². The van der Waals surface area contributed by atoms with Crippen LogP contribution in [-0.2, 0) is 0 Å². The van der Waals surface area contributed by atoms with Gasteiger partial charge in [-0.05, 0) is 23.3 Å². The number of nitrogens with zero attached hydrogens (tertiary/aromatic N) is 4. The van der Waals surface area contributed by atoms with Crippen LogP contribution in [0.5, 0.6) is 0 Å². The van der Waals surface area contributed by atoms with Gasteiger partial charge < -0.3 is 5.73 Å². The smallest absolute Gasteiger partial charge is 0.219 e. The molecule has 0 aliphatic carbocycles. The van der Waals surface area contributed by atoms with Gasteiger partial charge in [-0.1, -0.05) is 42.1 Å². The second-order valence-electron chi connectivity index (χ2n) is 5.67. The molecule has 0 saturated heterocycles. The first-order valence-corrected chi connectivity index (χ1v) is 8.93. The molecule has 0 aliphatic heterocycles. The summed E-state index contributed by atoms with van der Waals surface area (Å²) in [5.41, 5.74) is 8.20. The van der Waals surface area contributed by atoms with Crippen molar-refractivity contribution >= 4 is 17.7 Å². The number of nitrogens with two attached hydrogens (primary N) is 1. The van der Waals surface area contributed by atoms with E-state index in [-0.39, 0.29) is 11.8 Å². The van der Waals surface area contributed by atoms with Crippen LogP contribution in [-0.4, -0.2) is 19.9 Å². The van der Waals surface area contributed by atoms with Crippen LogP contribution < -0.4 is 5.73 Å². The third kappa shape index (κ3) is 3.78. The molecule has 0 amide bonds. The van der Waals surface area contributed by atoms with Gasteiger partial charge in [0, 0.05) is 40.8 Å². The van der Waals surface area contributed by atoms with Crippen LogP contribution >= 0.6 is 11.8 Å². The van der Waals surface area contributed by atoms with Crippen LogP contribution in [0.1, 0.15) is 0 Å². The van der Waals surface area contributed by atoms with E-state index < -0.39 is 0 Å². The summed E-state index contributed by atoms with van der Waals surface area (Å²) in [6.45, 7) is 0. The Morgan fingerprint density at radius 3 is 2.37 bits per heavy atom. The van der Waals surface area contributed by atoms with Gasteiger partial charge in [-0.2, -0.15) is 0 Å². The summed E-state index contributed by atoms with van der Waals surface area (Å²) >= 11 is 1.49. The first-order chi connectivity index (χ1) is 13.2. The number of benzene rings is 2. The van der Waals surface area contributed by atoms with Crippen LogP contribution in [0.25, 0.3) is 22.3 Å². The lowest BCUT2D eigenvalue weighted by Crippen LogP contribution is -1.95. The molecule has 0 bridgehead atoms. The summed E-state index contributed by atoms with van der Waals surface area (Å²) in [7, 11) is 0. The average Bonchev–Trinajstić information content (AvgIpc) is 2.70. The fourth-order valence-corrected chi connectivity index (χ4v) is 3.53. The fraction of sp³-hybridized carbons (Fsp3) is 0. The highest BCUT2D eigenvalue weighted by Gasteiger charge is 2.12. The molecule has 0 aliphatic rings. The Morgan fingerprint density at radius 1 is 0.815 bits per heavy atom. The van der Waals surface area contributed by atoms with Crippen molar-refractivity contribution in [1.29, 1.82) is 0 Å². The van der Waals surface area contributed by atoms with Gasteiger partial charge in [0.2, 0.25) is 5.95 Å². The maximum atomic E-state index is 14.8. The van der Waals surface area contributed by atoms with Gasteiger partial charge in [0.05, 0.1) is 6.20 Å². The van der Waals surface area contributed by atoms with E-state index in [1.807, 2.05) is 30.3 Å². The topological polar surface area (TPSA) is 77.6 Å². The molecule has 2 N–H and O–H groups in total. The Hall–Kier alpha value is -3.32. The Morgan fingerprint density at radius 2 is 1.63 bits per heavy atom. The van der Waals surface area contributed by atoms with E-state index >= 15 is 0 Å². The van der Waals surface area contributed by atoms with E-state index in [0.29, 0.717) is 11.1 Å². The Bertz CT molecular complexity index is 1070. The van der Waals surface area contributed by atoms with Gasteiger partial charge in [0.15, 0.2) is 0 Å². The summed E-state index contributed by atoms with van der Waals surface area (Å²) in [4.78, 5) is 17.2. The Balaban J connectivity index is 1.70. The number of nitrogen functional groups attached to an aromatic ring is 1. The van der Waals surface area contributed by atoms with Crippen LogP contribution in [0.3, 0.4) is 0 Å². The van der Waals surface area contributed by atoms with E-state index in [1.165, 1.54) is 30.2 Å². The van der Waals surface area contributed by atoms with E-state index in [1.54, 1.807) is 24.7 Å². The predicted octanol–water partition coefficient (Wildman–Crippen LogP) is 4.47. The number of aromatic nitrogens is 4. The molecule has 0 spiro atoms. The van der Waals surface area contributed by atoms with Crippen LogP contribution in [0.4, 0.5) is 10.3 Å². The van der Waals surface area contributed by atoms with Gasteiger partial charge >= 0.3 is 0 Å². The van der Waals surface area contributed by atoms with E-state index in [0.717, 1.165) is 21.0 Å². The number of rotatable bonds is 4. The lowest BCUT2D eigenvalue weighted by Gasteiger charge is -2.11. The fourth-order valence-electron chi connectivity index (χ4n) is 2.64. The SMILES string of the molecule is Nc1ncc(-c2ccc(-c3ccccc3Sc3cnccn3)cc2F)cn1. The first kappa shape index (κ1) is 17.1. The van der Waals surface area contributed by atoms with Crippen molar-refractivity contribution in [2.75, 3.05) is 5.73 Å². The standard InChI is InChI=1S/C20H14FN5S/c21-17-9-13(5-6-15(17)14-10-25-20(22)26-11-14)16-3-1-2-4-18(16)27-19-12-23-7-8-24-19/h1-12H,(H2,22,25,26). The van der Waals surface area contributed by atoms with Gasteiger partial charge in [-0.3, -0.25) is 4.98 Å². The highest BCUT2D eigenvalue weighted by Crippen LogP contribution is 2.36. The van der Waals surface area contributed by atoms with Crippen LogP contribution in [0.15, 0.2) is 83.4 Å². The highest BCUT2D eigenvalue weighted by molar-refractivity contribution is 7.99. The summed E-state index contributed by atoms with van der Waals surface area (Å²) in [5.74, 6) is -0.189. The van der Waals surface area contributed by atoms with E-state index in [9.17, 15) is 4.39 Å². The van der Waals surface area contributed by atoms with Crippen molar-refractivity contribution in [3.63, 3.8) is 0 Å². The molecule has 27 heavy (non-hydrogen) atoms. The Labute approximate surface area is 159 Å². The molecule has 0 radical (unpaired) electrons. The molecule has 4 aromatic rings. The zero-order valence-corrected chi connectivity index (χ0v) is 14.9. The minimum Gasteiger partial charge on any atom is -0.368 e. The number of hydrogen-bond donors (Lipinski definition) is 1. The molecule has 4 rings (SSSR count). The quantitative estimate of drug-likeness (QED) is 0.567. The third-order valence-corrected chi connectivity index (χ3v) is 4.90. The van der Waals surface area contributed by atoms with E-state index in [4.69, 9.17) is 5.73 Å². The molecule has 2 aromatic carbocycles. The van der Waals surface area contributed by atoms with Gasteiger partial charge in [-0.25, -0.2) is 19.3 Å². The molecule has 0 atom stereocenters. The molecule has 132 valence electrons. The molecule has 2 heterocycles. The van der Waals surface area contributed by atoms with Crippen molar-refractivity contribution < 1.29 is 4.39 Å². The summed E-state index contributed by atoms with van der Waals surface area (Å²) < 4.78 is 14.8. The van der Waals surface area contributed by atoms with Gasteiger partial charge in [0.25, 0.3) is 0 Å². The normalized spacial score (nSPS) is 10.7. The number of halogens is 1. The second kappa shape index (κ2) is 7.51. The minimum atomic E-state index is -0.347. The largest absolute Gasteiger partial charge is 0.368 e. The molecule has 0 fully saturated rings. The number of anilines is 1. The first-order valence-electron chi connectivity index (χ1n) is 8.11. The van der Waals surface area contributed by atoms with Crippen molar-refractivity contribution in [1.82, 2.24) is 19.9 Å². The van der Waals surface area contributed by atoms with Crippen molar-refractivity contribution in [3.8, 4) is 22.3 Å². The van der Waals surface area contributed by atoms with Crippen molar-refractivity contribution in [2.24, 2.45) is 0 Å². The summed E-state index contributed by atoms with van der Waals surface area (Å²) in [6, 6.07) is 12.9. The zero-order chi connectivity index (χ0) is 18.6. The maximum Gasteiger partial charge on any atom is 0.219 e. The molecule has 0 unspecified atom stereocenters. The molecule has 7 heteroatoms. The summed E-state index contributed by atoms with van der Waals surface area (Å²) in [6.07, 6.45) is 8.00. The lowest BCUT2D eigenvalue weighted by molar-refractivity contribution is 0.631. The highest BCUT2D eigenvalue weighted by atomic mass is 32.2. The minimum absolute atomic E-state index is 0.158. The monoisotopic (exact) mass is 375 g/mol. The molecule has 5 nitrogen and oxygen atoms in total. The maximum absolute atomic E-state index is 14.8. The van der Waals surface area contributed by atoms with Crippen LogP contribution in [0.2, 0.25) is 0 Å². The van der Waals surface area contributed by atoms with E-state index in [2.05, 4.69) is 19.9 Å². The van der Waals surface area contributed by atoms with Gasteiger partial charge in [-0.15, -0.1) is 0 Å². The molecular weight excluding hydrogens is 361 g/mol. The predicted molar refractivity (Wildman–Crippen MR) is 103 cm³/mol. The molecule has 2 aromatic heterocycles. The average molecular weight is 375 g/mol. The summed E-state index contributed by atoms with van der Waals surface area (Å²) in [5, 5.41) is 0.779. The second-order valence-corrected chi connectivity index (χ2v) is 6.73. The molecule has 0 saturated carbocycles.